The molecule has 20 heavy (non-hydrogen) atoms. The van der Waals surface area contributed by atoms with Crippen LogP contribution in [0.4, 0.5) is 4.39 Å². The summed E-state index contributed by atoms with van der Waals surface area (Å²) < 4.78 is 18.1. The van der Waals surface area contributed by atoms with Crippen LogP contribution in [0.5, 0.6) is 5.75 Å². The van der Waals surface area contributed by atoms with E-state index in [1.165, 1.54) is 18.2 Å². The Kier molecular flexibility index (Phi) is 4.55. The minimum Gasteiger partial charge on any atom is -0.484 e. The van der Waals surface area contributed by atoms with Gasteiger partial charge in [-0.1, -0.05) is 6.07 Å². The van der Waals surface area contributed by atoms with E-state index < -0.39 is 17.7 Å². The number of rotatable bonds is 7. The molecule has 1 aromatic carbocycles. The summed E-state index contributed by atoms with van der Waals surface area (Å²) in [6, 6.07) is 5.15. The molecule has 1 saturated carbocycles. The monoisotopic (exact) mass is 281 g/mol. The van der Waals surface area contributed by atoms with Gasteiger partial charge in [0.15, 0.2) is 6.61 Å². The van der Waals surface area contributed by atoms with E-state index in [9.17, 15) is 14.0 Å². The number of carbonyl (C=O) groups excluding carboxylic acids is 1. The minimum atomic E-state index is -0.937. The van der Waals surface area contributed by atoms with E-state index in [0.717, 1.165) is 12.8 Å². The lowest BCUT2D eigenvalue weighted by Crippen LogP contribution is -2.40. The molecule has 0 heterocycles. The Labute approximate surface area is 115 Å². The summed E-state index contributed by atoms with van der Waals surface area (Å²) in [7, 11) is 0. The molecule has 1 amide bonds. The Morgan fingerprint density at radius 3 is 2.80 bits per heavy atom. The SMILES string of the molecule is O=C(O)C[C@H](NC(=O)COc1cccc(F)c1)C1CC1. The van der Waals surface area contributed by atoms with Crippen LogP contribution in [-0.2, 0) is 9.59 Å². The van der Waals surface area contributed by atoms with Crippen molar-refractivity contribution in [3.8, 4) is 5.75 Å². The number of amides is 1. The molecule has 0 aromatic heterocycles. The van der Waals surface area contributed by atoms with E-state index in [1.807, 2.05) is 0 Å². The van der Waals surface area contributed by atoms with Gasteiger partial charge in [0.1, 0.15) is 11.6 Å². The molecule has 0 spiro atoms. The third kappa shape index (κ3) is 4.53. The first kappa shape index (κ1) is 14.3. The summed E-state index contributed by atoms with van der Waals surface area (Å²) in [6.45, 7) is -0.258. The molecule has 5 nitrogen and oxygen atoms in total. The van der Waals surface area contributed by atoms with Crippen LogP contribution in [0, 0.1) is 11.7 Å². The molecule has 2 N–H and O–H groups in total. The third-order valence-corrected chi connectivity index (χ3v) is 3.10. The Bertz CT molecular complexity index is 502. The highest BCUT2D eigenvalue weighted by atomic mass is 19.1. The number of nitrogens with one attached hydrogen (secondary N) is 1. The van der Waals surface area contributed by atoms with Crippen molar-refractivity contribution >= 4 is 11.9 Å². The van der Waals surface area contributed by atoms with Crippen LogP contribution in [0.15, 0.2) is 24.3 Å². The van der Waals surface area contributed by atoms with E-state index in [-0.39, 0.29) is 30.7 Å². The second-order valence-electron chi connectivity index (χ2n) is 4.86. The highest BCUT2D eigenvalue weighted by Gasteiger charge is 2.33. The van der Waals surface area contributed by atoms with Crippen molar-refractivity contribution in [2.45, 2.75) is 25.3 Å². The summed E-state index contributed by atoms with van der Waals surface area (Å²) >= 11 is 0. The molecule has 1 aliphatic rings. The molecule has 1 aromatic rings. The third-order valence-electron chi connectivity index (χ3n) is 3.10. The van der Waals surface area contributed by atoms with Gasteiger partial charge in [-0.3, -0.25) is 9.59 Å². The molecule has 0 unspecified atom stereocenters. The van der Waals surface area contributed by atoms with Crippen molar-refractivity contribution in [2.24, 2.45) is 5.92 Å². The summed E-state index contributed by atoms with van der Waals surface area (Å²) in [4.78, 5) is 22.4. The van der Waals surface area contributed by atoms with Crippen molar-refractivity contribution < 1.29 is 23.8 Å². The van der Waals surface area contributed by atoms with Crippen molar-refractivity contribution in [3.05, 3.63) is 30.1 Å². The predicted molar refractivity (Wildman–Crippen MR) is 68.8 cm³/mol. The number of carbonyl (C=O) groups is 2. The molecule has 0 saturated heterocycles. The van der Waals surface area contributed by atoms with Crippen LogP contribution in [-0.4, -0.2) is 29.6 Å². The number of aliphatic carboxylic acids is 1. The molecule has 0 radical (unpaired) electrons. The quantitative estimate of drug-likeness (QED) is 0.795. The molecule has 1 fully saturated rings. The lowest BCUT2D eigenvalue weighted by molar-refractivity contribution is -0.138. The first-order valence-corrected chi connectivity index (χ1v) is 6.44. The van der Waals surface area contributed by atoms with Crippen molar-refractivity contribution in [1.82, 2.24) is 5.32 Å². The van der Waals surface area contributed by atoms with E-state index in [4.69, 9.17) is 9.84 Å². The van der Waals surface area contributed by atoms with Gasteiger partial charge in [-0.2, -0.15) is 0 Å². The maximum Gasteiger partial charge on any atom is 0.305 e. The summed E-state index contributed by atoms with van der Waals surface area (Å²) in [5.74, 6) is -1.27. The lowest BCUT2D eigenvalue weighted by atomic mass is 10.1. The smallest absolute Gasteiger partial charge is 0.305 e. The average molecular weight is 281 g/mol. The molecule has 1 atom stereocenters. The Morgan fingerprint density at radius 2 is 2.20 bits per heavy atom. The van der Waals surface area contributed by atoms with Crippen molar-refractivity contribution in [2.75, 3.05) is 6.61 Å². The molecular formula is C14H16FNO4. The second kappa shape index (κ2) is 6.36. The standard InChI is InChI=1S/C14H16FNO4/c15-10-2-1-3-11(6-10)20-8-13(17)16-12(7-14(18)19)9-4-5-9/h1-3,6,9,12H,4-5,7-8H2,(H,16,17)(H,18,19)/t12-/m0/s1. The lowest BCUT2D eigenvalue weighted by Gasteiger charge is -2.16. The second-order valence-corrected chi connectivity index (χ2v) is 4.86. The van der Waals surface area contributed by atoms with Crippen molar-refractivity contribution in [3.63, 3.8) is 0 Å². The van der Waals surface area contributed by atoms with Crippen molar-refractivity contribution in [1.29, 1.82) is 0 Å². The number of hydrogen-bond acceptors (Lipinski definition) is 3. The van der Waals surface area contributed by atoms with Crippen LogP contribution in [0.1, 0.15) is 19.3 Å². The number of hydrogen-bond donors (Lipinski definition) is 2. The normalized spacial score (nSPS) is 15.4. The minimum absolute atomic E-state index is 0.0869. The number of benzene rings is 1. The Balaban J connectivity index is 1.80. The molecule has 6 heteroatoms. The highest BCUT2D eigenvalue weighted by molar-refractivity contribution is 5.79. The van der Waals surface area contributed by atoms with Crippen LogP contribution >= 0.6 is 0 Å². The summed E-state index contributed by atoms with van der Waals surface area (Å²) in [6.07, 6.45) is 1.78. The molecular weight excluding hydrogens is 265 g/mol. The van der Waals surface area contributed by atoms with Crippen LogP contribution in [0.3, 0.4) is 0 Å². The van der Waals surface area contributed by atoms with Gasteiger partial charge < -0.3 is 15.2 Å². The molecule has 1 aliphatic carbocycles. The Hall–Kier alpha value is -2.11. The molecule has 0 aliphatic heterocycles. The molecule has 108 valence electrons. The topological polar surface area (TPSA) is 75.6 Å². The average Bonchev–Trinajstić information content (AvgIpc) is 3.19. The number of halogens is 1. The fourth-order valence-electron chi connectivity index (χ4n) is 1.98. The summed E-state index contributed by atoms with van der Waals surface area (Å²) in [5.41, 5.74) is 0. The van der Waals surface area contributed by atoms with Crippen LogP contribution in [0.25, 0.3) is 0 Å². The van der Waals surface area contributed by atoms with E-state index in [1.54, 1.807) is 6.07 Å². The van der Waals surface area contributed by atoms with Gasteiger partial charge in [-0.25, -0.2) is 4.39 Å². The predicted octanol–water partition coefficient (Wildman–Crippen LogP) is 1.57. The zero-order valence-corrected chi connectivity index (χ0v) is 10.8. The molecule has 0 bridgehead atoms. The first-order chi connectivity index (χ1) is 9.54. The van der Waals surface area contributed by atoms with Gasteiger partial charge >= 0.3 is 5.97 Å². The fourth-order valence-corrected chi connectivity index (χ4v) is 1.98. The van der Waals surface area contributed by atoms with Crippen LogP contribution in [0.2, 0.25) is 0 Å². The zero-order chi connectivity index (χ0) is 14.5. The number of carboxylic acid groups (broad SMARTS) is 1. The van der Waals surface area contributed by atoms with Gasteiger partial charge in [0.25, 0.3) is 5.91 Å². The van der Waals surface area contributed by atoms with Gasteiger partial charge in [0, 0.05) is 12.1 Å². The van der Waals surface area contributed by atoms with Gasteiger partial charge in [0.05, 0.1) is 6.42 Å². The summed E-state index contributed by atoms with van der Waals surface area (Å²) in [5, 5.41) is 11.4. The number of carboxylic acids is 1. The van der Waals surface area contributed by atoms with E-state index in [0.29, 0.717) is 0 Å². The first-order valence-electron chi connectivity index (χ1n) is 6.44. The fraction of sp³-hybridized carbons (Fsp3) is 0.429. The van der Waals surface area contributed by atoms with Gasteiger partial charge in [-0.15, -0.1) is 0 Å². The Morgan fingerprint density at radius 1 is 1.45 bits per heavy atom. The number of ether oxygens (including phenoxy) is 1. The van der Waals surface area contributed by atoms with Gasteiger partial charge in [-0.05, 0) is 30.9 Å². The van der Waals surface area contributed by atoms with Crippen LogP contribution < -0.4 is 10.1 Å². The maximum absolute atomic E-state index is 12.9. The maximum atomic E-state index is 12.9. The highest BCUT2D eigenvalue weighted by Crippen LogP contribution is 2.34. The largest absolute Gasteiger partial charge is 0.484 e. The zero-order valence-electron chi connectivity index (χ0n) is 10.8. The van der Waals surface area contributed by atoms with E-state index in [2.05, 4.69) is 5.32 Å². The molecule has 2 rings (SSSR count). The van der Waals surface area contributed by atoms with Gasteiger partial charge in [0.2, 0.25) is 0 Å². The van der Waals surface area contributed by atoms with E-state index >= 15 is 0 Å².